The third-order valence-corrected chi connectivity index (χ3v) is 17.5. The van der Waals surface area contributed by atoms with Crippen molar-refractivity contribution in [3.05, 3.63) is 193 Å². The average Bonchev–Trinajstić information content (AvgIpc) is 3.14. The zero-order chi connectivity index (χ0) is 30.5. The molecule has 0 radical (unpaired) electrons. The Hall–Kier alpha value is -5.01. The zero-order valence-corrected chi connectivity index (χ0v) is 27.3. The molecule has 2 aliphatic rings. The van der Waals surface area contributed by atoms with E-state index in [1.165, 1.54) is 64.8 Å². The molecule has 3 heteroatoms. The molecular formula is C43H32NPSi. The van der Waals surface area contributed by atoms with Crippen LogP contribution in [0.15, 0.2) is 182 Å². The summed E-state index contributed by atoms with van der Waals surface area (Å²) in [6, 6.07) is 68.6. The lowest BCUT2D eigenvalue weighted by Gasteiger charge is -2.44. The maximum Gasteiger partial charge on any atom is 0.181 e. The molecule has 0 spiro atoms. The third kappa shape index (κ3) is 4.11. The normalized spacial score (nSPS) is 15.7. The van der Waals surface area contributed by atoms with E-state index in [1.807, 2.05) is 0 Å². The highest BCUT2D eigenvalue weighted by atomic mass is 31.1. The van der Waals surface area contributed by atoms with Crippen molar-refractivity contribution in [1.82, 2.24) is 0 Å². The Bertz CT molecular complexity index is 2110. The van der Waals surface area contributed by atoms with Crippen LogP contribution in [0, 0.1) is 0 Å². The Morgan fingerprint density at radius 3 is 1.57 bits per heavy atom. The van der Waals surface area contributed by atoms with Gasteiger partial charge in [-0.3, -0.25) is 0 Å². The van der Waals surface area contributed by atoms with Crippen molar-refractivity contribution in [2.45, 2.75) is 6.42 Å². The Morgan fingerprint density at radius 1 is 0.435 bits per heavy atom. The summed E-state index contributed by atoms with van der Waals surface area (Å²) >= 11 is 0. The van der Waals surface area contributed by atoms with Crippen LogP contribution >= 0.6 is 7.92 Å². The minimum absolute atomic E-state index is 0.757. The summed E-state index contributed by atoms with van der Waals surface area (Å²) < 4.78 is 0. The zero-order valence-electron chi connectivity index (χ0n) is 25.4. The van der Waals surface area contributed by atoms with Gasteiger partial charge in [0.05, 0.1) is 0 Å². The number of hydrogen-bond acceptors (Lipinski definition) is 1. The fourth-order valence-corrected chi connectivity index (χ4v) is 16.8. The van der Waals surface area contributed by atoms with E-state index in [0.717, 1.165) is 6.42 Å². The van der Waals surface area contributed by atoms with Gasteiger partial charge in [0.25, 0.3) is 0 Å². The number of fused-ring (bicyclic) bond motifs is 4. The number of anilines is 3. The number of rotatable bonds is 4. The smallest absolute Gasteiger partial charge is 0.181 e. The fourth-order valence-electron chi connectivity index (χ4n) is 7.81. The minimum Gasteiger partial charge on any atom is -0.310 e. The van der Waals surface area contributed by atoms with E-state index in [4.69, 9.17) is 0 Å². The van der Waals surface area contributed by atoms with Gasteiger partial charge in [-0.05, 0) is 80.0 Å². The molecule has 0 fully saturated rings. The second-order valence-electron chi connectivity index (χ2n) is 12.1. The highest BCUT2D eigenvalue weighted by molar-refractivity contribution is 7.81. The first kappa shape index (κ1) is 27.3. The maximum absolute atomic E-state index is 2.74. The molecule has 0 N–H and O–H groups in total. The lowest BCUT2D eigenvalue weighted by Crippen LogP contribution is -2.81. The quantitative estimate of drug-likeness (QED) is 0.160. The van der Waals surface area contributed by atoms with Crippen LogP contribution in [0.4, 0.5) is 17.1 Å². The van der Waals surface area contributed by atoms with Crippen LogP contribution in [0.1, 0.15) is 11.1 Å². The molecular weight excluding hydrogens is 590 g/mol. The Kier molecular flexibility index (Phi) is 6.59. The molecule has 9 rings (SSSR count). The number of para-hydroxylation sites is 2. The van der Waals surface area contributed by atoms with Crippen molar-refractivity contribution in [2.24, 2.45) is 0 Å². The monoisotopic (exact) mass is 621 g/mol. The van der Waals surface area contributed by atoms with Crippen LogP contribution in [0.5, 0.6) is 0 Å². The van der Waals surface area contributed by atoms with Gasteiger partial charge in [-0.15, -0.1) is 0 Å². The first-order valence-electron chi connectivity index (χ1n) is 16.0. The van der Waals surface area contributed by atoms with Crippen LogP contribution in [0.25, 0.3) is 0 Å². The van der Waals surface area contributed by atoms with Gasteiger partial charge < -0.3 is 4.90 Å². The fraction of sp³-hybridized carbons (Fsp3) is 0.0233. The number of nitrogens with zero attached hydrogens (tertiary/aromatic N) is 1. The van der Waals surface area contributed by atoms with Gasteiger partial charge in [-0.25, -0.2) is 0 Å². The molecule has 46 heavy (non-hydrogen) atoms. The largest absolute Gasteiger partial charge is 0.310 e. The van der Waals surface area contributed by atoms with E-state index >= 15 is 0 Å². The highest BCUT2D eigenvalue weighted by Crippen LogP contribution is 2.44. The van der Waals surface area contributed by atoms with E-state index in [-0.39, 0.29) is 0 Å². The van der Waals surface area contributed by atoms with E-state index in [0.29, 0.717) is 0 Å². The molecule has 0 aliphatic carbocycles. The van der Waals surface area contributed by atoms with Gasteiger partial charge in [-0.2, -0.15) is 0 Å². The molecule has 1 atom stereocenters. The lowest BCUT2D eigenvalue weighted by molar-refractivity contribution is 1.09. The molecule has 2 aliphatic heterocycles. The number of benzene rings is 7. The van der Waals surface area contributed by atoms with Crippen LogP contribution in [0.3, 0.4) is 0 Å². The summed E-state index contributed by atoms with van der Waals surface area (Å²) in [5, 5.41) is 10.2. The van der Waals surface area contributed by atoms with Crippen LogP contribution in [-0.4, -0.2) is 8.07 Å². The topological polar surface area (TPSA) is 3.24 Å². The Balaban J connectivity index is 1.40. The minimum atomic E-state index is -2.74. The molecule has 0 saturated heterocycles. The predicted molar refractivity (Wildman–Crippen MR) is 200 cm³/mol. The molecule has 0 amide bonds. The Morgan fingerprint density at radius 2 is 0.935 bits per heavy atom. The molecule has 1 nitrogen and oxygen atoms in total. The van der Waals surface area contributed by atoms with E-state index in [1.54, 1.807) is 0 Å². The molecule has 0 aromatic heterocycles. The average molecular weight is 622 g/mol. The van der Waals surface area contributed by atoms with Crippen LogP contribution in [-0.2, 0) is 6.42 Å². The first-order valence-corrected chi connectivity index (χ1v) is 19.3. The summed E-state index contributed by atoms with van der Waals surface area (Å²) in [5.74, 6) is 0. The third-order valence-electron chi connectivity index (χ3n) is 9.71. The van der Waals surface area contributed by atoms with Gasteiger partial charge >= 0.3 is 0 Å². The van der Waals surface area contributed by atoms with Gasteiger partial charge in [0, 0.05) is 23.5 Å². The van der Waals surface area contributed by atoms with Crippen molar-refractivity contribution < 1.29 is 0 Å². The summed E-state index contributed by atoms with van der Waals surface area (Å²) in [7, 11) is -3.50. The standard InChI is InChI=1S/C43H32NPSi/c1-4-18-35(19-5-1)45-40-26-14-15-27-42(40)46(36-20-6-2-7-21-36,37-22-8-3-9-23-37)43-31-34(28-29-41(43)45)44-38-24-12-10-16-32(38)30-33-17-11-13-25-39(33)44/h1-29,31H,30H2. The van der Waals surface area contributed by atoms with Crippen molar-refractivity contribution in [1.29, 1.82) is 0 Å². The van der Waals surface area contributed by atoms with Crippen LogP contribution in [0.2, 0.25) is 0 Å². The summed E-state index contributed by atoms with van der Waals surface area (Å²) in [5.41, 5.74) is 6.50. The first-order chi connectivity index (χ1) is 22.8. The molecule has 2 heterocycles. The second kappa shape index (κ2) is 11.1. The van der Waals surface area contributed by atoms with E-state index in [2.05, 4.69) is 187 Å². The van der Waals surface area contributed by atoms with Crippen molar-refractivity contribution in [3.8, 4) is 0 Å². The maximum atomic E-state index is 2.58. The summed E-state index contributed by atoms with van der Waals surface area (Å²) in [6.07, 6.45) is 0.952. The highest BCUT2D eigenvalue weighted by Gasteiger charge is 2.49. The van der Waals surface area contributed by atoms with Crippen molar-refractivity contribution >= 4 is 69.7 Å². The van der Waals surface area contributed by atoms with E-state index in [9.17, 15) is 0 Å². The molecule has 0 saturated carbocycles. The van der Waals surface area contributed by atoms with E-state index < -0.39 is 16.0 Å². The molecule has 7 aromatic carbocycles. The van der Waals surface area contributed by atoms with Gasteiger partial charge in [0.1, 0.15) is 0 Å². The lowest BCUT2D eigenvalue weighted by atomic mass is 9.95. The second-order valence-corrected chi connectivity index (χ2v) is 18.0. The molecule has 218 valence electrons. The van der Waals surface area contributed by atoms with Gasteiger partial charge in [-0.1, -0.05) is 158 Å². The van der Waals surface area contributed by atoms with Crippen LogP contribution < -0.4 is 41.6 Å². The summed E-state index contributed by atoms with van der Waals surface area (Å²) in [4.78, 5) is 2.51. The molecule has 0 bridgehead atoms. The predicted octanol–water partition coefficient (Wildman–Crippen LogP) is 6.51. The van der Waals surface area contributed by atoms with Crippen molar-refractivity contribution in [3.63, 3.8) is 0 Å². The molecule has 1 unspecified atom stereocenters. The van der Waals surface area contributed by atoms with Gasteiger partial charge in [0.2, 0.25) is 0 Å². The summed E-state index contributed by atoms with van der Waals surface area (Å²) in [6.45, 7) is 0. The van der Waals surface area contributed by atoms with Gasteiger partial charge in [0.15, 0.2) is 8.07 Å². The molecule has 7 aromatic rings. The van der Waals surface area contributed by atoms with Crippen molar-refractivity contribution in [2.75, 3.05) is 4.90 Å². The number of hydrogen-bond donors (Lipinski definition) is 0. The SMILES string of the molecule is c1ccc(P2c3ccccc3[Si](c3ccccc3)(c3ccccc3)c3cc(N4c5ccccc5Cc5ccccc54)ccc32)cc1. The Labute approximate surface area is 273 Å².